The van der Waals surface area contributed by atoms with Crippen LogP contribution >= 0.6 is 0 Å². The van der Waals surface area contributed by atoms with Crippen molar-refractivity contribution in [3.63, 3.8) is 0 Å². The Morgan fingerprint density at radius 3 is 3.11 bits per heavy atom. The summed E-state index contributed by atoms with van der Waals surface area (Å²) < 4.78 is 15.2. The van der Waals surface area contributed by atoms with Gasteiger partial charge in [-0.05, 0) is 36.3 Å². The van der Waals surface area contributed by atoms with Crippen molar-refractivity contribution in [3.05, 3.63) is 35.2 Å². The van der Waals surface area contributed by atoms with Crippen LogP contribution in [0, 0.1) is 0 Å². The molecule has 8 heteroatoms. The quantitative estimate of drug-likeness (QED) is 0.733. The SMILES string of the molecule is Cn1nc(C(=O)NCCN2CC[C@@H](O)C2)cc1-c1cc2c([nH]1)C=CC(F)C2. The molecular formula is C19H24FN5O2. The highest BCUT2D eigenvalue weighted by molar-refractivity contribution is 5.93. The van der Waals surface area contributed by atoms with Crippen LogP contribution in [0.25, 0.3) is 17.5 Å². The van der Waals surface area contributed by atoms with E-state index in [0.29, 0.717) is 31.7 Å². The fraction of sp³-hybridized carbons (Fsp3) is 0.474. The zero-order chi connectivity index (χ0) is 19.0. The zero-order valence-electron chi connectivity index (χ0n) is 15.3. The molecule has 0 bridgehead atoms. The largest absolute Gasteiger partial charge is 0.392 e. The topological polar surface area (TPSA) is 86.2 Å². The number of carbonyl (C=O) groups is 1. The summed E-state index contributed by atoms with van der Waals surface area (Å²) >= 11 is 0. The molecule has 1 amide bonds. The first-order valence-electron chi connectivity index (χ1n) is 9.27. The Kier molecular flexibility index (Phi) is 4.84. The number of aromatic nitrogens is 3. The van der Waals surface area contributed by atoms with Crippen LogP contribution in [0.5, 0.6) is 0 Å². The number of nitrogens with zero attached hydrogens (tertiary/aromatic N) is 3. The Hall–Kier alpha value is -2.45. The second-order valence-corrected chi connectivity index (χ2v) is 7.24. The number of aliphatic hydroxyl groups excluding tert-OH is 1. The van der Waals surface area contributed by atoms with E-state index in [4.69, 9.17) is 0 Å². The Morgan fingerprint density at radius 2 is 2.33 bits per heavy atom. The standard InChI is InChI=1S/C19H24FN5O2/c1-24-18(16-9-12-8-13(20)2-3-15(12)22-16)10-17(23-24)19(27)21-5-7-25-6-4-14(26)11-25/h2-3,9-10,13-14,22,26H,4-8,11H2,1H3,(H,21,27)/t13?,14-/m1/s1. The molecule has 144 valence electrons. The number of halogens is 1. The smallest absolute Gasteiger partial charge is 0.271 e. The van der Waals surface area contributed by atoms with Crippen molar-refractivity contribution in [1.29, 1.82) is 0 Å². The summed E-state index contributed by atoms with van der Waals surface area (Å²) in [7, 11) is 1.78. The molecule has 4 rings (SSSR count). The fourth-order valence-electron chi connectivity index (χ4n) is 3.71. The highest BCUT2D eigenvalue weighted by Gasteiger charge is 2.21. The zero-order valence-corrected chi connectivity index (χ0v) is 15.3. The molecule has 27 heavy (non-hydrogen) atoms. The summed E-state index contributed by atoms with van der Waals surface area (Å²) in [6.45, 7) is 2.74. The second kappa shape index (κ2) is 7.28. The maximum atomic E-state index is 13.5. The number of amides is 1. The van der Waals surface area contributed by atoms with Crippen LogP contribution in [0.1, 0.15) is 28.2 Å². The van der Waals surface area contributed by atoms with Gasteiger partial charge >= 0.3 is 0 Å². The maximum absolute atomic E-state index is 13.5. The molecular weight excluding hydrogens is 349 g/mol. The van der Waals surface area contributed by atoms with E-state index >= 15 is 0 Å². The first-order valence-corrected chi connectivity index (χ1v) is 9.27. The van der Waals surface area contributed by atoms with Gasteiger partial charge in [0.25, 0.3) is 5.91 Å². The first kappa shape index (κ1) is 17.9. The van der Waals surface area contributed by atoms with E-state index in [2.05, 4.69) is 20.3 Å². The number of likely N-dealkylation sites (tertiary alicyclic amines) is 1. The normalized spacial score (nSPS) is 22.2. The van der Waals surface area contributed by atoms with Gasteiger partial charge in [-0.3, -0.25) is 14.4 Å². The van der Waals surface area contributed by atoms with Gasteiger partial charge in [0.2, 0.25) is 0 Å². The minimum absolute atomic E-state index is 0.225. The number of fused-ring (bicyclic) bond motifs is 1. The van der Waals surface area contributed by atoms with Crippen LogP contribution in [0.4, 0.5) is 4.39 Å². The van der Waals surface area contributed by atoms with Gasteiger partial charge in [0.15, 0.2) is 5.69 Å². The second-order valence-electron chi connectivity index (χ2n) is 7.24. The fourth-order valence-corrected chi connectivity index (χ4v) is 3.71. The molecule has 2 aliphatic rings. The third-order valence-corrected chi connectivity index (χ3v) is 5.17. The lowest BCUT2D eigenvalue weighted by atomic mass is 10.0. The number of aryl methyl sites for hydroxylation is 1. The van der Waals surface area contributed by atoms with Gasteiger partial charge in [0.1, 0.15) is 6.17 Å². The lowest BCUT2D eigenvalue weighted by Crippen LogP contribution is -2.34. The number of β-amino-alcohol motifs (C(OH)–C–C–N with tert-alkyl or cyclic N) is 1. The van der Waals surface area contributed by atoms with Gasteiger partial charge in [-0.1, -0.05) is 0 Å². The predicted molar refractivity (Wildman–Crippen MR) is 100 cm³/mol. The number of rotatable bonds is 5. The first-order chi connectivity index (χ1) is 13.0. The number of H-pyrrole nitrogens is 1. The monoisotopic (exact) mass is 373 g/mol. The average molecular weight is 373 g/mol. The maximum Gasteiger partial charge on any atom is 0.271 e. The number of alkyl halides is 1. The molecule has 0 aromatic carbocycles. The van der Waals surface area contributed by atoms with Crippen molar-refractivity contribution >= 4 is 12.0 Å². The molecule has 0 spiro atoms. The van der Waals surface area contributed by atoms with E-state index in [9.17, 15) is 14.3 Å². The van der Waals surface area contributed by atoms with E-state index in [0.717, 1.165) is 35.6 Å². The van der Waals surface area contributed by atoms with Crippen molar-refractivity contribution in [3.8, 4) is 11.4 Å². The molecule has 7 nitrogen and oxygen atoms in total. The number of hydrogen-bond donors (Lipinski definition) is 3. The van der Waals surface area contributed by atoms with Crippen molar-refractivity contribution in [2.75, 3.05) is 26.2 Å². The summed E-state index contributed by atoms with van der Waals surface area (Å²) in [5, 5.41) is 16.7. The minimum atomic E-state index is -0.953. The molecule has 0 saturated carbocycles. The number of aromatic amines is 1. The number of aliphatic hydroxyl groups is 1. The number of nitrogens with one attached hydrogen (secondary N) is 2. The average Bonchev–Trinajstić information content (AvgIpc) is 3.32. The van der Waals surface area contributed by atoms with Gasteiger partial charge in [-0.15, -0.1) is 0 Å². The molecule has 1 unspecified atom stereocenters. The Morgan fingerprint density at radius 1 is 1.48 bits per heavy atom. The molecule has 2 atom stereocenters. The lowest BCUT2D eigenvalue weighted by molar-refractivity contribution is 0.0943. The van der Waals surface area contributed by atoms with Crippen molar-refractivity contribution in [2.45, 2.75) is 25.1 Å². The van der Waals surface area contributed by atoms with Crippen LogP contribution in [0.15, 0.2) is 18.2 Å². The molecule has 1 fully saturated rings. The predicted octanol–water partition coefficient (Wildman–Crippen LogP) is 1.12. The lowest BCUT2D eigenvalue weighted by Gasteiger charge is -2.14. The van der Waals surface area contributed by atoms with Crippen molar-refractivity contribution in [1.82, 2.24) is 25.0 Å². The van der Waals surface area contributed by atoms with Gasteiger partial charge in [-0.2, -0.15) is 5.10 Å². The van der Waals surface area contributed by atoms with E-state index in [-0.39, 0.29) is 12.0 Å². The van der Waals surface area contributed by atoms with E-state index in [1.807, 2.05) is 6.07 Å². The van der Waals surface area contributed by atoms with Crippen LogP contribution in [-0.2, 0) is 13.5 Å². The Balaban J connectivity index is 1.41. The van der Waals surface area contributed by atoms with Crippen molar-refractivity contribution in [2.24, 2.45) is 7.05 Å². The van der Waals surface area contributed by atoms with Gasteiger partial charge in [-0.25, -0.2) is 4.39 Å². The number of hydrogen-bond acceptors (Lipinski definition) is 4. The Labute approximate surface area is 156 Å². The molecule has 1 saturated heterocycles. The van der Waals surface area contributed by atoms with Crippen LogP contribution in [0.2, 0.25) is 0 Å². The molecule has 2 aromatic heterocycles. The summed E-state index contributed by atoms with van der Waals surface area (Å²) in [5.74, 6) is -0.225. The van der Waals surface area contributed by atoms with E-state index < -0.39 is 6.17 Å². The number of carbonyl (C=O) groups excluding carboxylic acids is 1. The van der Waals surface area contributed by atoms with Crippen LogP contribution in [0.3, 0.4) is 0 Å². The molecule has 1 aliphatic carbocycles. The van der Waals surface area contributed by atoms with Gasteiger partial charge in [0.05, 0.1) is 17.5 Å². The van der Waals surface area contributed by atoms with E-state index in [1.165, 1.54) is 0 Å². The number of allylic oxidation sites excluding steroid dienone is 1. The van der Waals surface area contributed by atoms with Crippen molar-refractivity contribution < 1.29 is 14.3 Å². The highest BCUT2D eigenvalue weighted by atomic mass is 19.1. The highest BCUT2D eigenvalue weighted by Crippen LogP contribution is 2.27. The molecule has 2 aromatic rings. The van der Waals surface area contributed by atoms with E-state index in [1.54, 1.807) is 29.9 Å². The molecule has 3 heterocycles. The minimum Gasteiger partial charge on any atom is -0.392 e. The van der Waals surface area contributed by atoms with Crippen LogP contribution in [-0.4, -0.2) is 69.1 Å². The molecule has 0 radical (unpaired) electrons. The third kappa shape index (κ3) is 3.81. The van der Waals surface area contributed by atoms with Gasteiger partial charge < -0.3 is 15.4 Å². The van der Waals surface area contributed by atoms with Crippen LogP contribution < -0.4 is 5.32 Å². The molecule has 3 N–H and O–H groups in total. The third-order valence-electron chi connectivity index (χ3n) is 5.17. The summed E-state index contributed by atoms with van der Waals surface area (Å²) in [6.07, 6.45) is 3.24. The Bertz CT molecular complexity index is 872. The summed E-state index contributed by atoms with van der Waals surface area (Å²) in [4.78, 5) is 17.8. The van der Waals surface area contributed by atoms with Gasteiger partial charge in [0, 0.05) is 45.3 Å². The molecule has 1 aliphatic heterocycles. The summed E-state index contributed by atoms with van der Waals surface area (Å²) in [6, 6.07) is 3.66. The summed E-state index contributed by atoms with van der Waals surface area (Å²) in [5.41, 5.74) is 3.78.